The van der Waals surface area contributed by atoms with Crippen LogP contribution in [0.15, 0.2) is 109 Å². The van der Waals surface area contributed by atoms with Crippen molar-refractivity contribution in [3.8, 4) is 0 Å². The monoisotopic (exact) mass is 859 g/mol. The maximum absolute atomic E-state index is 12.8. The van der Waals surface area contributed by atoms with Crippen molar-refractivity contribution in [2.75, 3.05) is 13.2 Å². The predicted octanol–water partition coefficient (Wildman–Crippen LogP) is 16.4. The maximum atomic E-state index is 12.8. The molecule has 0 rings (SSSR count). The van der Waals surface area contributed by atoms with Crippen molar-refractivity contribution in [1.82, 2.24) is 0 Å². The van der Waals surface area contributed by atoms with Gasteiger partial charge in [0, 0.05) is 19.3 Å². The second-order valence-corrected chi connectivity index (χ2v) is 16.2. The van der Waals surface area contributed by atoms with Crippen molar-refractivity contribution in [3.05, 3.63) is 109 Å². The molecule has 0 saturated carbocycles. The molecule has 0 heterocycles. The molecule has 62 heavy (non-hydrogen) atoms. The summed E-state index contributed by atoms with van der Waals surface area (Å²) in [6.07, 6.45) is 66.4. The number of ether oxygens (including phenoxy) is 3. The number of esters is 3. The van der Waals surface area contributed by atoms with Gasteiger partial charge in [-0.1, -0.05) is 233 Å². The number of carbonyl (C=O) groups excluding carboxylic acids is 3. The van der Waals surface area contributed by atoms with Crippen LogP contribution in [0.2, 0.25) is 0 Å². The number of unbranched alkanes of at least 4 members (excludes halogenated alkanes) is 20. The number of hydrogen-bond acceptors (Lipinski definition) is 6. The van der Waals surface area contributed by atoms with Gasteiger partial charge in [0.05, 0.1) is 0 Å². The molecule has 0 aromatic carbocycles. The minimum Gasteiger partial charge on any atom is -0.462 e. The first-order chi connectivity index (χ1) is 30.5. The van der Waals surface area contributed by atoms with E-state index in [9.17, 15) is 14.4 Å². The van der Waals surface area contributed by atoms with E-state index in [0.717, 1.165) is 103 Å². The first kappa shape index (κ1) is 58.1. The molecule has 0 aliphatic heterocycles. The molecule has 0 saturated heterocycles. The Kier molecular flexibility index (Phi) is 46.6. The van der Waals surface area contributed by atoms with Crippen molar-refractivity contribution in [1.29, 1.82) is 0 Å². The highest BCUT2D eigenvalue weighted by molar-refractivity contribution is 5.71. The van der Waals surface area contributed by atoms with Gasteiger partial charge in [0.1, 0.15) is 13.2 Å². The fraction of sp³-hybridized carbons (Fsp3) is 0.625. The minimum atomic E-state index is -0.802. The second kappa shape index (κ2) is 49.7. The van der Waals surface area contributed by atoms with Crippen LogP contribution in [-0.2, 0) is 28.6 Å². The van der Waals surface area contributed by atoms with Gasteiger partial charge in [-0.05, 0) is 64.2 Å². The molecule has 0 aliphatic rings. The van der Waals surface area contributed by atoms with Gasteiger partial charge in [0.25, 0.3) is 0 Å². The van der Waals surface area contributed by atoms with Gasteiger partial charge < -0.3 is 14.2 Å². The molecule has 0 N–H and O–H groups in total. The van der Waals surface area contributed by atoms with Crippen LogP contribution in [0.4, 0.5) is 0 Å². The summed E-state index contributed by atoms with van der Waals surface area (Å²) >= 11 is 0. The predicted molar refractivity (Wildman–Crippen MR) is 265 cm³/mol. The minimum absolute atomic E-state index is 0.101. The van der Waals surface area contributed by atoms with Crippen molar-refractivity contribution in [2.45, 2.75) is 213 Å². The van der Waals surface area contributed by atoms with Crippen LogP contribution in [-0.4, -0.2) is 37.2 Å². The van der Waals surface area contributed by atoms with E-state index in [1.807, 2.05) is 72.9 Å². The molecule has 0 bridgehead atoms. The quantitative estimate of drug-likeness (QED) is 0.0200. The molecule has 0 aromatic heterocycles. The zero-order valence-electron chi connectivity index (χ0n) is 39.8. The molecule has 350 valence electrons. The molecule has 0 aliphatic carbocycles. The van der Waals surface area contributed by atoms with Crippen LogP contribution in [0.3, 0.4) is 0 Å². The Hall–Kier alpha value is -3.93. The second-order valence-electron chi connectivity index (χ2n) is 16.2. The van der Waals surface area contributed by atoms with Gasteiger partial charge in [-0.15, -0.1) is 0 Å². The zero-order chi connectivity index (χ0) is 45.1. The van der Waals surface area contributed by atoms with E-state index in [1.54, 1.807) is 0 Å². The van der Waals surface area contributed by atoms with Crippen LogP contribution in [0, 0.1) is 0 Å². The zero-order valence-corrected chi connectivity index (χ0v) is 39.8. The highest BCUT2D eigenvalue weighted by atomic mass is 16.6. The lowest BCUT2D eigenvalue weighted by Crippen LogP contribution is -2.30. The number of carbonyl (C=O) groups is 3. The molecule has 6 nitrogen and oxygen atoms in total. The maximum Gasteiger partial charge on any atom is 0.306 e. The normalized spacial score (nSPS) is 13.0. The third-order valence-electron chi connectivity index (χ3n) is 10.2. The van der Waals surface area contributed by atoms with Crippen LogP contribution in [0.25, 0.3) is 0 Å². The van der Waals surface area contributed by atoms with Gasteiger partial charge >= 0.3 is 17.9 Å². The molecule has 0 amide bonds. The fourth-order valence-corrected chi connectivity index (χ4v) is 6.52. The Morgan fingerprint density at radius 3 is 1.18 bits per heavy atom. The van der Waals surface area contributed by atoms with E-state index < -0.39 is 6.10 Å². The van der Waals surface area contributed by atoms with E-state index in [2.05, 4.69) is 57.2 Å². The van der Waals surface area contributed by atoms with E-state index in [0.29, 0.717) is 19.3 Å². The van der Waals surface area contributed by atoms with Gasteiger partial charge in [-0.25, -0.2) is 0 Å². The van der Waals surface area contributed by atoms with Crippen LogP contribution in [0.5, 0.6) is 0 Å². The lowest BCUT2D eigenvalue weighted by molar-refractivity contribution is -0.167. The average Bonchev–Trinajstić information content (AvgIpc) is 3.27. The molecule has 0 radical (unpaired) electrons. The molecule has 0 spiro atoms. The number of rotatable bonds is 43. The molecule has 0 fully saturated rings. The Bertz CT molecular complexity index is 1310. The van der Waals surface area contributed by atoms with Crippen molar-refractivity contribution in [2.24, 2.45) is 0 Å². The van der Waals surface area contributed by atoms with Crippen LogP contribution in [0.1, 0.15) is 207 Å². The molecular weight excluding hydrogens is 769 g/mol. The van der Waals surface area contributed by atoms with Crippen molar-refractivity contribution in [3.63, 3.8) is 0 Å². The van der Waals surface area contributed by atoms with Crippen LogP contribution < -0.4 is 0 Å². The third-order valence-corrected chi connectivity index (χ3v) is 10.2. The van der Waals surface area contributed by atoms with E-state index in [1.165, 1.54) is 64.2 Å². The summed E-state index contributed by atoms with van der Waals surface area (Å²) in [5.74, 6) is -0.966. The lowest BCUT2D eigenvalue weighted by atomic mass is 10.0. The van der Waals surface area contributed by atoms with E-state index >= 15 is 0 Å². The summed E-state index contributed by atoms with van der Waals surface area (Å²) < 4.78 is 16.7. The molecule has 0 aromatic rings. The topological polar surface area (TPSA) is 78.9 Å². The number of hydrogen-bond donors (Lipinski definition) is 0. The highest BCUT2D eigenvalue weighted by Crippen LogP contribution is 2.14. The van der Waals surface area contributed by atoms with Gasteiger partial charge in [0.15, 0.2) is 6.10 Å². The lowest BCUT2D eigenvalue weighted by Gasteiger charge is -2.18. The first-order valence-corrected chi connectivity index (χ1v) is 25.0. The van der Waals surface area contributed by atoms with Crippen molar-refractivity contribution >= 4 is 17.9 Å². The smallest absolute Gasteiger partial charge is 0.306 e. The standard InChI is InChI=1S/C56H90O6/c1-4-7-10-13-16-19-22-25-26-27-28-29-30-32-34-37-40-43-46-49-55(58)61-52-53(51-60-54(57)48-45-42-39-36-33-24-21-18-15-12-9-6-3)62-56(59)50-47-44-41-38-35-31-23-20-17-14-11-8-5-2/h7,9-10,12-13,16,18-19,21-22,25-30,32,34,53H,4-6,8,11,14-15,17,20,23-24,31,33,35-52H2,1-3H3/b10-7-,12-9-,16-13-,21-18-,22-19-,26-25-,28-27+,30-29-,34-32-. The Morgan fingerprint density at radius 1 is 0.355 bits per heavy atom. The summed E-state index contributed by atoms with van der Waals surface area (Å²) in [4.78, 5) is 37.9. The van der Waals surface area contributed by atoms with E-state index in [-0.39, 0.29) is 31.1 Å². The number of allylic oxidation sites excluding steroid dienone is 18. The van der Waals surface area contributed by atoms with Gasteiger partial charge in [0.2, 0.25) is 0 Å². The van der Waals surface area contributed by atoms with Gasteiger partial charge in [-0.2, -0.15) is 0 Å². The highest BCUT2D eigenvalue weighted by Gasteiger charge is 2.19. The van der Waals surface area contributed by atoms with Gasteiger partial charge in [-0.3, -0.25) is 14.4 Å². The molecule has 1 unspecified atom stereocenters. The molecule has 1 atom stereocenters. The fourth-order valence-electron chi connectivity index (χ4n) is 6.52. The Morgan fingerprint density at radius 2 is 0.710 bits per heavy atom. The molecular formula is C56H90O6. The van der Waals surface area contributed by atoms with Crippen molar-refractivity contribution < 1.29 is 28.6 Å². The SMILES string of the molecule is CC\C=C/C=C\C=C/C=C\C=C\C=C/C=C\CCCCCC(=O)OCC(COC(=O)CCCCCCC/C=C\C/C=C\CC)OC(=O)CCCCCCCCCCCCCCC. The largest absolute Gasteiger partial charge is 0.462 e. The summed E-state index contributed by atoms with van der Waals surface area (Å²) in [6, 6.07) is 0. The first-order valence-electron chi connectivity index (χ1n) is 25.0. The summed E-state index contributed by atoms with van der Waals surface area (Å²) in [7, 11) is 0. The Balaban J connectivity index is 4.50. The van der Waals surface area contributed by atoms with Crippen LogP contribution >= 0.6 is 0 Å². The van der Waals surface area contributed by atoms with E-state index in [4.69, 9.17) is 14.2 Å². The third kappa shape index (κ3) is 47.1. The average molecular weight is 859 g/mol. The molecule has 6 heteroatoms. The summed E-state index contributed by atoms with van der Waals surface area (Å²) in [5, 5.41) is 0. The summed E-state index contributed by atoms with van der Waals surface area (Å²) in [6.45, 7) is 6.31. The summed E-state index contributed by atoms with van der Waals surface area (Å²) in [5.41, 5.74) is 0. The Labute approximate surface area is 380 Å².